The van der Waals surface area contributed by atoms with Crippen LogP contribution in [0.1, 0.15) is 50.7 Å². The number of nitrogens with two attached hydrogens (primary N) is 1. The molecule has 2 N–H and O–H groups in total. The molecule has 1 aliphatic rings. The number of nitrogens with zero attached hydrogens (tertiary/aromatic N) is 1. The van der Waals surface area contributed by atoms with Crippen molar-refractivity contribution < 1.29 is 4.42 Å². The van der Waals surface area contributed by atoms with Crippen molar-refractivity contribution in [1.82, 2.24) is 4.90 Å². The smallest absolute Gasteiger partial charge is 0.121 e. The van der Waals surface area contributed by atoms with Crippen LogP contribution in [0.5, 0.6) is 0 Å². The zero-order valence-corrected chi connectivity index (χ0v) is 11.9. The van der Waals surface area contributed by atoms with Crippen LogP contribution in [0.25, 0.3) is 0 Å². The highest BCUT2D eigenvalue weighted by Crippen LogP contribution is 2.32. The molecule has 0 bridgehead atoms. The summed E-state index contributed by atoms with van der Waals surface area (Å²) in [4.78, 5) is 2.52. The fraction of sp³-hybridized carbons (Fsp3) is 0.733. The molecule has 0 saturated carbocycles. The first-order chi connectivity index (χ1) is 8.65. The van der Waals surface area contributed by atoms with Crippen LogP contribution in [0.2, 0.25) is 0 Å². The molecule has 3 heteroatoms. The zero-order chi connectivity index (χ0) is 13.1. The first-order valence-electron chi connectivity index (χ1n) is 7.17. The minimum absolute atomic E-state index is 0.338. The predicted molar refractivity (Wildman–Crippen MR) is 74.4 cm³/mol. The molecule has 1 fully saturated rings. The summed E-state index contributed by atoms with van der Waals surface area (Å²) in [7, 11) is 0. The van der Waals surface area contributed by atoms with Crippen LogP contribution in [0.3, 0.4) is 0 Å². The Morgan fingerprint density at radius 3 is 2.83 bits per heavy atom. The molecule has 3 atom stereocenters. The number of rotatable bonds is 4. The molecule has 2 heterocycles. The van der Waals surface area contributed by atoms with Crippen molar-refractivity contribution in [3.05, 3.63) is 23.7 Å². The lowest BCUT2D eigenvalue weighted by Gasteiger charge is -2.41. The summed E-state index contributed by atoms with van der Waals surface area (Å²) in [5.74, 6) is 2.91. The standard InChI is InChI=1S/C15H26N2O/c1-4-13-7-8-17(14(9-13)10-16)12(3)15-6-5-11(2)18-15/h5-6,12-14H,4,7-10,16H2,1-3H3. The molecule has 1 aromatic rings. The highest BCUT2D eigenvalue weighted by Gasteiger charge is 2.31. The van der Waals surface area contributed by atoms with Gasteiger partial charge < -0.3 is 10.2 Å². The van der Waals surface area contributed by atoms with E-state index in [1.54, 1.807) is 0 Å². The molecular formula is C15H26N2O. The molecule has 0 aromatic carbocycles. The second kappa shape index (κ2) is 5.89. The summed E-state index contributed by atoms with van der Waals surface area (Å²) in [5.41, 5.74) is 5.96. The number of hydrogen-bond donors (Lipinski definition) is 1. The Bertz CT molecular complexity index is 374. The summed E-state index contributed by atoms with van der Waals surface area (Å²) < 4.78 is 5.76. The maximum absolute atomic E-state index is 5.96. The molecule has 0 amide bonds. The average Bonchev–Trinajstić information content (AvgIpc) is 2.83. The topological polar surface area (TPSA) is 42.4 Å². The van der Waals surface area contributed by atoms with E-state index in [2.05, 4.69) is 24.8 Å². The Kier molecular flexibility index (Phi) is 4.46. The number of furan rings is 1. The number of piperidine rings is 1. The third-order valence-corrected chi connectivity index (χ3v) is 4.39. The van der Waals surface area contributed by atoms with E-state index in [1.165, 1.54) is 19.3 Å². The number of hydrogen-bond acceptors (Lipinski definition) is 3. The van der Waals surface area contributed by atoms with Crippen molar-refractivity contribution in [3.8, 4) is 0 Å². The highest BCUT2D eigenvalue weighted by molar-refractivity contribution is 5.10. The van der Waals surface area contributed by atoms with Gasteiger partial charge in [0.15, 0.2) is 0 Å². The van der Waals surface area contributed by atoms with Crippen LogP contribution in [0, 0.1) is 12.8 Å². The van der Waals surface area contributed by atoms with E-state index in [4.69, 9.17) is 10.2 Å². The van der Waals surface area contributed by atoms with Crippen molar-refractivity contribution in [2.45, 2.75) is 52.1 Å². The van der Waals surface area contributed by atoms with Crippen molar-refractivity contribution in [1.29, 1.82) is 0 Å². The van der Waals surface area contributed by atoms with Crippen molar-refractivity contribution >= 4 is 0 Å². The van der Waals surface area contributed by atoms with Crippen LogP contribution in [0.15, 0.2) is 16.5 Å². The van der Waals surface area contributed by atoms with E-state index in [0.29, 0.717) is 12.1 Å². The molecule has 1 aliphatic heterocycles. The average molecular weight is 250 g/mol. The molecule has 102 valence electrons. The van der Waals surface area contributed by atoms with Gasteiger partial charge in [-0.25, -0.2) is 0 Å². The Hall–Kier alpha value is -0.800. The van der Waals surface area contributed by atoms with E-state index in [9.17, 15) is 0 Å². The lowest BCUT2D eigenvalue weighted by Crippen LogP contribution is -2.47. The Labute approximate surface area is 110 Å². The molecular weight excluding hydrogens is 224 g/mol. The van der Waals surface area contributed by atoms with Gasteiger partial charge >= 0.3 is 0 Å². The third-order valence-electron chi connectivity index (χ3n) is 4.39. The monoisotopic (exact) mass is 250 g/mol. The van der Waals surface area contributed by atoms with Gasteiger partial charge in [0.2, 0.25) is 0 Å². The van der Waals surface area contributed by atoms with Gasteiger partial charge in [0.25, 0.3) is 0 Å². The Morgan fingerprint density at radius 1 is 1.50 bits per heavy atom. The SMILES string of the molecule is CCC1CCN(C(C)c2ccc(C)o2)C(CN)C1. The molecule has 0 radical (unpaired) electrons. The van der Waals surface area contributed by atoms with Gasteiger partial charge in [0.05, 0.1) is 6.04 Å². The van der Waals surface area contributed by atoms with Crippen LogP contribution in [0.4, 0.5) is 0 Å². The largest absolute Gasteiger partial charge is 0.465 e. The lowest BCUT2D eigenvalue weighted by atomic mass is 9.88. The molecule has 2 rings (SSSR count). The lowest BCUT2D eigenvalue weighted by molar-refractivity contribution is 0.0675. The summed E-state index contributed by atoms with van der Waals surface area (Å²) in [6, 6.07) is 4.98. The molecule has 3 unspecified atom stereocenters. The van der Waals surface area contributed by atoms with Gasteiger partial charge in [0.1, 0.15) is 11.5 Å². The van der Waals surface area contributed by atoms with Crippen molar-refractivity contribution in [2.75, 3.05) is 13.1 Å². The summed E-state index contributed by atoms with van der Waals surface area (Å²) in [6.45, 7) is 8.40. The fourth-order valence-electron chi connectivity index (χ4n) is 3.11. The minimum Gasteiger partial charge on any atom is -0.465 e. The van der Waals surface area contributed by atoms with Crippen molar-refractivity contribution in [2.24, 2.45) is 11.7 Å². The van der Waals surface area contributed by atoms with Gasteiger partial charge in [-0.05, 0) is 51.3 Å². The molecule has 18 heavy (non-hydrogen) atoms. The minimum atomic E-state index is 0.338. The third kappa shape index (κ3) is 2.78. The number of likely N-dealkylation sites (tertiary alicyclic amines) is 1. The first kappa shape index (κ1) is 13.6. The van der Waals surface area contributed by atoms with E-state index in [-0.39, 0.29) is 0 Å². The summed E-state index contributed by atoms with van der Waals surface area (Å²) in [6.07, 6.45) is 3.80. The maximum atomic E-state index is 5.96. The Balaban J connectivity index is 2.07. The zero-order valence-electron chi connectivity index (χ0n) is 11.9. The van der Waals surface area contributed by atoms with Gasteiger partial charge in [-0.3, -0.25) is 4.90 Å². The molecule has 0 spiro atoms. The predicted octanol–water partition coefficient (Wildman–Crippen LogP) is 3.10. The van der Waals surface area contributed by atoms with Gasteiger partial charge in [-0.1, -0.05) is 13.3 Å². The highest BCUT2D eigenvalue weighted by atomic mass is 16.3. The second-order valence-corrected chi connectivity index (χ2v) is 5.55. The Morgan fingerprint density at radius 2 is 2.28 bits per heavy atom. The van der Waals surface area contributed by atoms with E-state index < -0.39 is 0 Å². The van der Waals surface area contributed by atoms with Crippen LogP contribution in [-0.2, 0) is 0 Å². The fourth-order valence-corrected chi connectivity index (χ4v) is 3.11. The molecule has 1 aromatic heterocycles. The second-order valence-electron chi connectivity index (χ2n) is 5.55. The van der Waals surface area contributed by atoms with Gasteiger partial charge in [0, 0.05) is 12.6 Å². The van der Waals surface area contributed by atoms with E-state index >= 15 is 0 Å². The van der Waals surface area contributed by atoms with Crippen LogP contribution in [-0.4, -0.2) is 24.0 Å². The molecule has 3 nitrogen and oxygen atoms in total. The van der Waals surface area contributed by atoms with Crippen molar-refractivity contribution in [3.63, 3.8) is 0 Å². The quantitative estimate of drug-likeness (QED) is 0.893. The van der Waals surface area contributed by atoms with Gasteiger partial charge in [-0.2, -0.15) is 0 Å². The maximum Gasteiger partial charge on any atom is 0.121 e. The van der Waals surface area contributed by atoms with E-state index in [1.807, 2.05) is 13.0 Å². The van der Waals surface area contributed by atoms with Crippen LogP contribution >= 0.6 is 0 Å². The first-order valence-corrected chi connectivity index (χ1v) is 7.17. The normalized spacial score (nSPS) is 27.3. The number of aryl methyl sites for hydroxylation is 1. The van der Waals surface area contributed by atoms with Crippen LogP contribution < -0.4 is 5.73 Å². The van der Waals surface area contributed by atoms with Gasteiger partial charge in [-0.15, -0.1) is 0 Å². The molecule has 0 aliphatic carbocycles. The summed E-state index contributed by atoms with van der Waals surface area (Å²) >= 11 is 0. The summed E-state index contributed by atoms with van der Waals surface area (Å²) in [5, 5.41) is 0. The van der Waals surface area contributed by atoms with E-state index in [0.717, 1.165) is 30.5 Å². The molecule has 1 saturated heterocycles.